The topological polar surface area (TPSA) is 173 Å². The number of nitrogens with one attached hydrogen (secondary N) is 2. The second-order valence-corrected chi connectivity index (χ2v) is 7.47. The fourth-order valence-electron chi connectivity index (χ4n) is 3.59. The van der Waals surface area contributed by atoms with Gasteiger partial charge in [0.05, 0.1) is 11.1 Å². The number of anilines is 1. The number of rotatable bonds is 5. The van der Waals surface area contributed by atoms with Crippen molar-refractivity contribution in [2.24, 2.45) is 5.73 Å². The second-order valence-electron chi connectivity index (χ2n) is 7.47. The van der Waals surface area contributed by atoms with Crippen molar-refractivity contribution < 1.29 is 9.21 Å². The smallest absolute Gasteiger partial charge is 0.309 e. The highest BCUT2D eigenvalue weighted by molar-refractivity contribution is 5.90. The fourth-order valence-corrected chi connectivity index (χ4v) is 3.59. The quantitative estimate of drug-likeness (QED) is 0.542. The first-order valence-electron chi connectivity index (χ1n) is 10.6. The highest BCUT2D eigenvalue weighted by Crippen LogP contribution is 2.31. The van der Waals surface area contributed by atoms with Gasteiger partial charge in [-0.15, -0.1) is 10.2 Å². The van der Waals surface area contributed by atoms with Gasteiger partial charge in [-0.05, 0) is 25.3 Å². The molecule has 2 aromatic rings. The molecule has 4 heterocycles. The van der Waals surface area contributed by atoms with E-state index in [-0.39, 0.29) is 17.8 Å². The molecule has 4 N–H and O–H groups in total. The van der Waals surface area contributed by atoms with Crippen LogP contribution in [0.5, 0.6) is 0 Å². The largest absolute Gasteiger partial charge is 0.412 e. The Hall–Kier alpha value is -4.32. The molecule has 1 amide bonds. The number of pyridine rings is 1. The third-order valence-corrected chi connectivity index (χ3v) is 5.18. The number of carbonyl (C=O) groups excluding carboxylic acids is 1. The van der Waals surface area contributed by atoms with Gasteiger partial charge in [0, 0.05) is 57.9 Å². The number of hydrogen-bond acceptors (Lipinski definition) is 11. The number of likely N-dealkylation sites (tertiary alicyclic amines) is 1. The van der Waals surface area contributed by atoms with E-state index in [1.54, 1.807) is 24.2 Å². The van der Waals surface area contributed by atoms with Crippen LogP contribution >= 0.6 is 0 Å². The number of hydrogen-bond donors (Lipinski definition) is 3. The maximum atomic E-state index is 12.4. The lowest BCUT2D eigenvalue weighted by Crippen LogP contribution is -2.36. The van der Waals surface area contributed by atoms with Crippen LogP contribution in [0, 0.1) is 22.8 Å². The van der Waals surface area contributed by atoms with Gasteiger partial charge >= 0.3 is 11.8 Å². The molecular formula is C21H26N10O2. The summed E-state index contributed by atoms with van der Waals surface area (Å²) < 4.78 is 5.61. The third kappa shape index (κ3) is 5.89. The van der Waals surface area contributed by atoms with E-state index in [0.29, 0.717) is 36.5 Å². The Morgan fingerprint density at radius 1 is 1.30 bits per heavy atom. The number of amides is 1. The second kappa shape index (κ2) is 11.3. The van der Waals surface area contributed by atoms with E-state index < -0.39 is 5.91 Å². The lowest BCUT2D eigenvalue weighted by atomic mass is 10.2. The average Bonchev–Trinajstić information content (AvgIpc) is 3.61. The summed E-state index contributed by atoms with van der Waals surface area (Å²) in [6.07, 6.45) is 9.51. The summed E-state index contributed by atoms with van der Waals surface area (Å²) in [5.74, 6) is 0.199. The van der Waals surface area contributed by atoms with Gasteiger partial charge < -0.3 is 30.6 Å². The summed E-state index contributed by atoms with van der Waals surface area (Å²) in [5.41, 5.74) is 5.82. The minimum Gasteiger partial charge on any atom is -0.412 e. The van der Waals surface area contributed by atoms with E-state index in [4.69, 9.17) is 15.4 Å². The summed E-state index contributed by atoms with van der Waals surface area (Å²) in [4.78, 5) is 20.5. The molecule has 1 atom stereocenters. The molecule has 2 fully saturated rings. The molecule has 0 bridgehead atoms. The summed E-state index contributed by atoms with van der Waals surface area (Å²) >= 11 is 0. The summed E-state index contributed by atoms with van der Waals surface area (Å²) in [6.45, 7) is 2.81. The Morgan fingerprint density at radius 2 is 2.09 bits per heavy atom. The van der Waals surface area contributed by atoms with Gasteiger partial charge in [-0.2, -0.15) is 10.5 Å². The SMILES string of the molecule is CN/C=C\N.N#Cc1cnc(N2CCCC2)c(-c2nnc(C(=O)NC3CCN(C#N)C3)o2)c1. The predicted octanol–water partition coefficient (Wildman–Crippen LogP) is 0.524. The number of carbonyl (C=O) groups is 1. The predicted molar refractivity (Wildman–Crippen MR) is 119 cm³/mol. The van der Waals surface area contributed by atoms with Crippen LogP contribution in [0.15, 0.2) is 29.1 Å². The summed E-state index contributed by atoms with van der Waals surface area (Å²) in [6, 6.07) is 3.58. The summed E-state index contributed by atoms with van der Waals surface area (Å²) in [5, 5.41) is 31.5. The molecule has 33 heavy (non-hydrogen) atoms. The van der Waals surface area contributed by atoms with Crippen molar-refractivity contribution in [3.63, 3.8) is 0 Å². The first kappa shape index (κ1) is 23.3. The molecule has 0 radical (unpaired) electrons. The van der Waals surface area contributed by atoms with E-state index in [1.165, 1.54) is 12.4 Å². The molecule has 0 spiro atoms. The molecule has 172 valence electrons. The molecule has 0 aliphatic carbocycles. The van der Waals surface area contributed by atoms with Gasteiger partial charge in [0.1, 0.15) is 11.9 Å². The van der Waals surface area contributed by atoms with E-state index >= 15 is 0 Å². The molecule has 12 nitrogen and oxygen atoms in total. The zero-order valence-corrected chi connectivity index (χ0v) is 18.4. The van der Waals surface area contributed by atoms with Crippen molar-refractivity contribution in [2.75, 3.05) is 38.1 Å². The number of nitrogens with zero attached hydrogens (tertiary/aromatic N) is 7. The monoisotopic (exact) mass is 450 g/mol. The van der Waals surface area contributed by atoms with Crippen LogP contribution in [-0.4, -0.2) is 65.3 Å². The number of nitriles is 2. The van der Waals surface area contributed by atoms with Crippen molar-refractivity contribution in [3.05, 3.63) is 36.1 Å². The third-order valence-electron chi connectivity index (χ3n) is 5.18. The van der Waals surface area contributed by atoms with E-state index in [1.807, 2.05) is 0 Å². The van der Waals surface area contributed by atoms with E-state index in [2.05, 4.69) is 43.0 Å². The Bertz CT molecular complexity index is 1060. The van der Waals surface area contributed by atoms with Crippen LogP contribution in [-0.2, 0) is 0 Å². The molecule has 2 saturated heterocycles. The zero-order chi connectivity index (χ0) is 23.6. The lowest BCUT2D eigenvalue weighted by Gasteiger charge is -2.18. The van der Waals surface area contributed by atoms with Gasteiger partial charge in [-0.25, -0.2) is 4.98 Å². The van der Waals surface area contributed by atoms with Crippen LogP contribution in [0.2, 0.25) is 0 Å². The summed E-state index contributed by atoms with van der Waals surface area (Å²) in [7, 11) is 1.80. The number of aromatic nitrogens is 3. The number of nitrogens with two attached hydrogens (primary N) is 1. The molecular weight excluding hydrogens is 424 g/mol. The van der Waals surface area contributed by atoms with Gasteiger partial charge in [-0.1, -0.05) is 0 Å². The van der Waals surface area contributed by atoms with Gasteiger partial charge in [0.2, 0.25) is 0 Å². The van der Waals surface area contributed by atoms with Crippen molar-refractivity contribution in [1.29, 1.82) is 10.5 Å². The standard InChI is InChI=1S/C18H18N8O2.C3H8N2/c19-8-12-7-14(15(21-9-12)26-4-1-2-5-26)17-23-24-18(28-17)16(27)22-13-3-6-25(10-13)11-20;1-5-3-2-4/h7,9,13H,1-6,10H2,(H,22,27);2-3,5H,4H2,1H3/b;3-2-. The molecule has 2 aliphatic heterocycles. The maximum absolute atomic E-state index is 12.4. The molecule has 0 saturated carbocycles. The Labute approximate surface area is 191 Å². The Balaban J connectivity index is 0.000000555. The van der Waals surface area contributed by atoms with Crippen LogP contribution in [0.3, 0.4) is 0 Å². The van der Waals surface area contributed by atoms with Crippen molar-refractivity contribution in [2.45, 2.75) is 25.3 Å². The van der Waals surface area contributed by atoms with Gasteiger partial charge in [0.25, 0.3) is 5.89 Å². The highest BCUT2D eigenvalue weighted by Gasteiger charge is 2.27. The van der Waals surface area contributed by atoms with Crippen molar-refractivity contribution in [1.82, 2.24) is 30.7 Å². The Morgan fingerprint density at radius 3 is 2.70 bits per heavy atom. The van der Waals surface area contributed by atoms with Crippen LogP contribution < -0.4 is 21.3 Å². The van der Waals surface area contributed by atoms with Crippen molar-refractivity contribution in [3.8, 4) is 23.7 Å². The molecule has 2 aliphatic rings. The molecule has 4 rings (SSSR count). The van der Waals surface area contributed by atoms with E-state index in [0.717, 1.165) is 25.9 Å². The first-order valence-corrected chi connectivity index (χ1v) is 10.6. The average molecular weight is 451 g/mol. The fraction of sp³-hybridized carbons (Fsp3) is 0.429. The molecule has 12 heteroatoms. The molecule has 1 unspecified atom stereocenters. The highest BCUT2D eigenvalue weighted by atomic mass is 16.4. The van der Waals surface area contributed by atoms with Gasteiger partial charge in [0.15, 0.2) is 6.19 Å². The zero-order valence-electron chi connectivity index (χ0n) is 18.4. The van der Waals surface area contributed by atoms with E-state index in [9.17, 15) is 10.1 Å². The van der Waals surface area contributed by atoms with Crippen LogP contribution in [0.1, 0.15) is 35.5 Å². The van der Waals surface area contributed by atoms with Gasteiger partial charge in [-0.3, -0.25) is 4.79 Å². The molecule has 2 aromatic heterocycles. The normalized spacial score (nSPS) is 17.2. The lowest BCUT2D eigenvalue weighted by molar-refractivity contribution is 0.0904. The Kier molecular flexibility index (Phi) is 8.02. The van der Waals surface area contributed by atoms with Crippen LogP contribution in [0.25, 0.3) is 11.5 Å². The first-order chi connectivity index (χ1) is 16.1. The maximum Gasteiger partial charge on any atom is 0.309 e. The minimum atomic E-state index is -0.476. The minimum absolute atomic E-state index is 0.133. The van der Waals surface area contributed by atoms with Crippen molar-refractivity contribution >= 4 is 11.7 Å². The van der Waals surface area contributed by atoms with Crippen LogP contribution in [0.4, 0.5) is 5.82 Å². The molecule has 0 aromatic carbocycles.